The van der Waals surface area contributed by atoms with Gasteiger partial charge in [-0.2, -0.15) is 0 Å². The Kier molecular flexibility index (Phi) is 4.60. The quantitative estimate of drug-likeness (QED) is 0.548. The van der Waals surface area contributed by atoms with Crippen molar-refractivity contribution in [1.82, 2.24) is 0 Å². The van der Waals surface area contributed by atoms with E-state index in [1.54, 1.807) is 0 Å². The van der Waals surface area contributed by atoms with Crippen LogP contribution in [0.4, 0.5) is 0 Å². The normalized spacial score (nSPS) is 29.5. The molecule has 0 aromatic heterocycles. The van der Waals surface area contributed by atoms with E-state index in [0.29, 0.717) is 11.3 Å². The monoisotopic (exact) mass is 254 g/mol. The molecule has 0 heterocycles. The Morgan fingerprint density at radius 3 is 2.62 bits per heavy atom. The first kappa shape index (κ1) is 12.3. The molecule has 88 valence electrons. The Morgan fingerprint density at radius 2 is 2.00 bits per heavy atom. The van der Waals surface area contributed by atoms with Crippen LogP contribution in [0.25, 0.3) is 0 Å². The number of hydrogen-bond donors (Lipinski definition) is 0. The average Bonchev–Trinajstić information content (AvgIpc) is 2.62. The molecule has 1 aromatic rings. The first-order valence-corrected chi connectivity index (χ1v) is 7.51. The van der Waals surface area contributed by atoms with E-state index in [0.717, 1.165) is 5.92 Å². The highest BCUT2D eigenvalue weighted by Gasteiger charge is 2.30. The summed E-state index contributed by atoms with van der Waals surface area (Å²) in [7, 11) is 0. The van der Waals surface area contributed by atoms with Crippen LogP contribution in [0.2, 0.25) is 0 Å². The number of thioether (sulfide) groups is 1. The largest absolute Gasteiger partial charge is 0.126 e. The van der Waals surface area contributed by atoms with Crippen LogP contribution < -0.4 is 0 Å². The van der Waals surface area contributed by atoms with Gasteiger partial charge in [0.15, 0.2) is 0 Å². The van der Waals surface area contributed by atoms with Crippen molar-refractivity contribution < 1.29 is 0 Å². The molecule has 0 spiro atoms. The van der Waals surface area contributed by atoms with Gasteiger partial charge in [0.05, 0.1) is 0 Å². The van der Waals surface area contributed by atoms with Crippen LogP contribution in [0, 0.1) is 11.8 Å². The fourth-order valence-corrected chi connectivity index (χ4v) is 3.78. The second-order valence-electron chi connectivity index (χ2n) is 4.66. The van der Waals surface area contributed by atoms with Gasteiger partial charge in [0, 0.05) is 10.3 Å². The highest BCUT2D eigenvalue weighted by molar-refractivity contribution is 7.99. The van der Waals surface area contributed by atoms with Crippen molar-refractivity contribution in [2.75, 3.05) is 5.75 Å². The molecule has 3 unspecified atom stereocenters. The van der Waals surface area contributed by atoms with E-state index in [4.69, 9.17) is 11.6 Å². The molecular weight excluding hydrogens is 236 g/mol. The summed E-state index contributed by atoms with van der Waals surface area (Å²) in [4.78, 5) is 1.38. The van der Waals surface area contributed by atoms with E-state index in [1.807, 2.05) is 11.8 Å². The van der Waals surface area contributed by atoms with Gasteiger partial charge in [-0.25, -0.2) is 0 Å². The lowest BCUT2D eigenvalue weighted by molar-refractivity contribution is 0.412. The fraction of sp³-hybridized carbons (Fsp3) is 0.571. The molecule has 1 aliphatic carbocycles. The van der Waals surface area contributed by atoms with Crippen LogP contribution in [0.15, 0.2) is 35.2 Å². The minimum Gasteiger partial charge on any atom is -0.126 e. The van der Waals surface area contributed by atoms with Gasteiger partial charge in [0.2, 0.25) is 0 Å². The first-order valence-electron chi connectivity index (χ1n) is 6.09. The molecule has 3 atom stereocenters. The van der Waals surface area contributed by atoms with Gasteiger partial charge in [0.25, 0.3) is 0 Å². The van der Waals surface area contributed by atoms with E-state index >= 15 is 0 Å². The molecule has 0 nitrogen and oxygen atoms in total. The maximum absolute atomic E-state index is 6.25. The number of hydrogen-bond acceptors (Lipinski definition) is 1. The summed E-state index contributed by atoms with van der Waals surface area (Å²) in [6.45, 7) is 2.31. The summed E-state index contributed by atoms with van der Waals surface area (Å²) in [6, 6.07) is 10.7. The summed E-state index contributed by atoms with van der Waals surface area (Å²) in [5.74, 6) is 2.78. The predicted molar refractivity (Wildman–Crippen MR) is 73.3 cm³/mol. The summed E-state index contributed by atoms with van der Waals surface area (Å²) < 4.78 is 0. The molecule has 1 aromatic carbocycles. The SMILES string of the molecule is CC1C(Cl)CCC1CCSc1ccccc1. The summed E-state index contributed by atoms with van der Waals surface area (Å²) in [5.41, 5.74) is 0. The maximum atomic E-state index is 6.25. The molecule has 0 N–H and O–H groups in total. The van der Waals surface area contributed by atoms with Crippen molar-refractivity contribution in [2.45, 2.75) is 36.5 Å². The summed E-state index contributed by atoms with van der Waals surface area (Å²) in [5, 5.41) is 0.423. The summed E-state index contributed by atoms with van der Waals surface area (Å²) in [6.07, 6.45) is 3.85. The molecule has 0 aliphatic heterocycles. The van der Waals surface area contributed by atoms with Gasteiger partial charge in [0.1, 0.15) is 0 Å². The molecule has 2 rings (SSSR count). The zero-order valence-electron chi connectivity index (χ0n) is 9.73. The van der Waals surface area contributed by atoms with Crippen molar-refractivity contribution in [3.8, 4) is 0 Å². The van der Waals surface area contributed by atoms with Crippen molar-refractivity contribution in [2.24, 2.45) is 11.8 Å². The number of alkyl halides is 1. The Morgan fingerprint density at radius 1 is 1.25 bits per heavy atom. The Labute approximate surface area is 108 Å². The molecule has 1 saturated carbocycles. The maximum Gasteiger partial charge on any atom is 0.0364 e. The Hall–Kier alpha value is -0.140. The predicted octanol–water partition coefficient (Wildman–Crippen LogP) is 4.82. The van der Waals surface area contributed by atoms with Crippen LogP contribution in [0.3, 0.4) is 0 Å². The zero-order chi connectivity index (χ0) is 11.4. The average molecular weight is 255 g/mol. The first-order chi connectivity index (χ1) is 7.77. The van der Waals surface area contributed by atoms with E-state index < -0.39 is 0 Å². The lowest BCUT2D eigenvalue weighted by atomic mass is 9.95. The lowest BCUT2D eigenvalue weighted by Gasteiger charge is -2.16. The van der Waals surface area contributed by atoms with Gasteiger partial charge in [-0.15, -0.1) is 23.4 Å². The third kappa shape index (κ3) is 3.18. The highest BCUT2D eigenvalue weighted by atomic mass is 35.5. The van der Waals surface area contributed by atoms with Gasteiger partial charge >= 0.3 is 0 Å². The van der Waals surface area contributed by atoms with Gasteiger partial charge in [-0.1, -0.05) is 25.1 Å². The van der Waals surface area contributed by atoms with Crippen molar-refractivity contribution in [3.63, 3.8) is 0 Å². The Balaban J connectivity index is 1.73. The number of halogens is 1. The van der Waals surface area contributed by atoms with E-state index in [1.165, 1.54) is 29.9 Å². The number of benzene rings is 1. The van der Waals surface area contributed by atoms with Crippen LogP contribution >= 0.6 is 23.4 Å². The molecule has 2 heteroatoms. The van der Waals surface area contributed by atoms with E-state index in [9.17, 15) is 0 Å². The third-order valence-corrected chi connectivity index (χ3v) is 5.29. The van der Waals surface area contributed by atoms with Gasteiger partial charge in [-0.3, -0.25) is 0 Å². The summed E-state index contributed by atoms with van der Waals surface area (Å²) >= 11 is 8.21. The van der Waals surface area contributed by atoms with Crippen LogP contribution in [0.5, 0.6) is 0 Å². The van der Waals surface area contributed by atoms with Crippen molar-refractivity contribution in [1.29, 1.82) is 0 Å². The van der Waals surface area contributed by atoms with E-state index in [-0.39, 0.29) is 0 Å². The minimum absolute atomic E-state index is 0.423. The second kappa shape index (κ2) is 5.97. The minimum atomic E-state index is 0.423. The van der Waals surface area contributed by atoms with Gasteiger partial charge in [-0.05, 0) is 49.0 Å². The Bertz CT molecular complexity index is 312. The molecule has 0 amide bonds. The number of rotatable bonds is 4. The third-order valence-electron chi connectivity index (χ3n) is 3.63. The zero-order valence-corrected chi connectivity index (χ0v) is 11.3. The van der Waals surface area contributed by atoms with Gasteiger partial charge < -0.3 is 0 Å². The van der Waals surface area contributed by atoms with Crippen LogP contribution in [-0.4, -0.2) is 11.1 Å². The fourth-order valence-electron chi connectivity index (χ4n) is 2.45. The van der Waals surface area contributed by atoms with Crippen molar-refractivity contribution >= 4 is 23.4 Å². The highest BCUT2D eigenvalue weighted by Crippen LogP contribution is 2.38. The topological polar surface area (TPSA) is 0 Å². The molecule has 1 fully saturated rings. The molecule has 16 heavy (non-hydrogen) atoms. The van der Waals surface area contributed by atoms with E-state index in [2.05, 4.69) is 37.3 Å². The second-order valence-corrected chi connectivity index (χ2v) is 6.39. The molecule has 1 aliphatic rings. The molecular formula is C14H19ClS. The van der Waals surface area contributed by atoms with Crippen LogP contribution in [0.1, 0.15) is 26.2 Å². The molecule has 0 bridgehead atoms. The molecule has 0 radical (unpaired) electrons. The standard InChI is InChI=1S/C14H19ClS/c1-11-12(7-8-14(11)15)9-10-16-13-5-3-2-4-6-13/h2-6,11-12,14H,7-10H2,1H3. The lowest BCUT2D eigenvalue weighted by Crippen LogP contribution is -2.11. The smallest absolute Gasteiger partial charge is 0.0364 e. The van der Waals surface area contributed by atoms with Crippen molar-refractivity contribution in [3.05, 3.63) is 30.3 Å². The molecule has 0 saturated heterocycles. The van der Waals surface area contributed by atoms with Crippen LogP contribution in [-0.2, 0) is 0 Å².